The van der Waals surface area contributed by atoms with Crippen LogP contribution in [0.5, 0.6) is 11.5 Å². The molecular formula is C14H12O3S. The van der Waals surface area contributed by atoms with Gasteiger partial charge in [0.2, 0.25) is 5.78 Å². The van der Waals surface area contributed by atoms with E-state index in [-0.39, 0.29) is 12.4 Å². The van der Waals surface area contributed by atoms with Gasteiger partial charge in [0.1, 0.15) is 6.61 Å². The van der Waals surface area contributed by atoms with Crippen LogP contribution in [0.2, 0.25) is 0 Å². The number of hydrogen-bond acceptors (Lipinski definition) is 4. The Morgan fingerprint density at radius 1 is 1.28 bits per heavy atom. The van der Waals surface area contributed by atoms with Crippen LogP contribution in [-0.2, 0) is 0 Å². The molecule has 4 heteroatoms. The fraction of sp³-hybridized carbons (Fsp3) is 0.214. The van der Waals surface area contributed by atoms with Crippen LogP contribution in [0.1, 0.15) is 15.2 Å². The van der Waals surface area contributed by atoms with Gasteiger partial charge in [-0.05, 0) is 30.5 Å². The van der Waals surface area contributed by atoms with Crippen LogP contribution in [0, 0.1) is 6.92 Å². The number of fused-ring (bicyclic) bond motifs is 1. The van der Waals surface area contributed by atoms with Crippen LogP contribution < -0.4 is 9.47 Å². The number of thiophene rings is 1. The Bertz CT molecular complexity index is 588. The second kappa shape index (κ2) is 4.46. The molecule has 0 aliphatic carbocycles. The molecule has 1 unspecified atom stereocenters. The number of ether oxygens (including phenoxy) is 2. The highest BCUT2D eigenvalue weighted by molar-refractivity contribution is 7.10. The topological polar surface area (TPSA) is 35.5 Å². The van der Waals surface area contributed by atoms with Crippen molar-refractivity contribution in [3.05, 3.63) is 46.2 Å². The van der Waals surface area contributed by atoms with Crippen LogP contribution in [0.15, 0.2) is 35.7 Å². The predicted molar refractivity (Wildman–Crippen MR) is 69.7 cm³/mol. The molecule has 1 aromatic carbocycles. The number of benzene rings is 1. The van der Waals surface area contributed by atoms with E-state index in [2.05, 4.69) is 0 Å². The first-order valence-electron chi connectivity index (χ1n) is 5.72. The molecule has 0 bridgehead atoms. The highest BCUT2D eigenvalue weighted by Crippen LogP contribution is 2.32. The monoisotopic (exact) mass is 260 g/mol. The lowest BCUT2D eigenvalue weighted by molar-refractivity contribution is 0.0586. The Kier molecular flexibility index (Phi) is 2.80. The van der Waals surface area contributed by atoms with Crippen LogP contribution in [0.25, 0.3) is 0 Å². The van der Waals surface area contributed by atoms with Crippen molar-refractivity contribution in [1.29, 1.82) is 0 Å². The summed E-state index contributed by atoms with van der Waals surface area (Å²) in [4.78, 5) is 13.3. The van der Waals surface area contributed by atoms with Crippen LogP contribution in [0.4, 0.5) is 0 Å². The number of ketones is 1. The molecule has 2 heterocycles. The summed E-state index contributed by atoms with van der Waals surface area (Å²) < 4.78 is 11.3. The molecule has 1 atom stereocenters. The van der Waals surface area contributed by atoms with Gasteiger partial charge in [0, 0.05) is 10.4 Å². The zero-order valence-electron chi connectivity index (χ0n) is 9.88. The summed E-state index contributed by atoms with van der Waals surface area (Å²) >= 11 is 1.57. The highest BCUT2D eigenvalue weighted by Gasteiger charge is 2.29. The first-order chi connectivity index (χ1) is 8.75. The largest absolute Gasteiger partial charge is 0.485 e. The van der Waals surface area contributed by atoms with Gasteiger partial charge in [-0.2, -0.15) is 0 Å². The molecular weight excluding hydrogens is 248 g/mol. The van der Waals surface area contributed by atoms with Crippen LogP contribution in [-0.4, -0.2) is 18.5 Å². The lowest BCUT2D eigenvalue weighted by Gasteiger charge is -2.25. The van der Waals surface area contributed by atoms with Gasteiger partial charge in [0.25, 0.3) is 0 Å². The van der Waals surface area contributed by atoms with Gasteiger partial charge in [-0.3, -0.25) is 4.79 Å². The number of aryl methyl sites for hydroxylation is 1. The Labute approximate surface area is 109 Å². The molecule has 0 amide bonds. The molecule has 0 N–H and O–H groups in total. The number of carbonyl (C=O) groups excluding carboxylic acids is 1. The average molecular weight is 260 g/mol. The first-order valence-corrected chi connectivity index (χ1v) is 6.60. The Morgan fingerprint density at radius 2 is 2.06 bits per heavy atom. The Balaban J connectivity index is 1.84. The van der Waals surface area contributed by atoms with E-state index in [1.807, 2.05) is 42.6 Å². The minimum atomic E-state index is -0.548. The normalized spacial score (nSPS) is 17.5. The van der Waals surface area contributed by atoms with Crippen molar-refractivity contribution < 1.29 is 14.3 Å². The smallest absolute Gasteiger partial charge is 0.207 e. The van der Waals surface area contributed by atoms with Crippen molar-refractivity contribution in [3.63, 3.8) is 0 Å². The molecule has 1 aliphatic rings. The van der Waals surface area contributed by atoms with Gasteiger partial charge in [-0.15, -0.1) is 11.3 Å². The third-order valence-electron chi connectivity index (χ3n) is 2.93. The molecule has 0 saturated heterocycles. The number of para-hydroxylation sites is 2. The van der Waals surface area contributed by atoms with Crippen molar-refractivity contribution >= 4 is 17.1 Å². The summed E-state index contributed by atoms with van der Waals surface area (Å²) in [6.07, 6.45) is -0.548. The summed E-state index contributed by atoms with van der Waals surface area (Å²) in [7, 11) is 0. The van der Waals surface area contributed by atoms with Gasteiger partial charge < -0.3 is 9.47 Å². The predicted octanol–water partition coefficient (Wildman–Crippen LogP) is 3.08. The molecule has 1 aromatic heterocycles. The van der Waals surface area contributed by atoms with Gasteiger partial charge in [-0.25, -0.2) is 0 Å². The van der Waals surface area contributed by atoms with Crippen molar-refractivity contribution in [2.24, 2.45) is 0 Å². The van der Waals surface area contributed by atoms with Crippen molar-refractivity contribution in [3.8, 4) is 11.5 Å². The van der Waals surface area contributed by atoms with Crippen molar-refractivity contribution in [2.75, 3.05) is 6.61 Å². The molecule has 3 rings (SSSR count). The maximum absolute atomic E-state index is 12.3. The van der Waals surface area contributed by atoms with E-state index in [1.165, 1.54) is 0 Å². The second-order valence-corrected chi connectivity index (χ2v) is 5.24. The van der Waals surface area contributed by atoms with E-state index in [0.29, 0.717) is 11.5 Å². The summed E-state index contributed by atoms with van der Waals surface area (Å²) in [6, 6.07) is 9.24. The maximum Gasteiger partial charge on any atom is 0.207 e. The lowest BCUT2D eigenvalue weighted by Crippen LogP contribution is -2.36. The summed E-state index contributed by atoms with van der Waals surface area (Å²) in [5.41, 5.74) is 0.730. The maximum atomic E-state index is 12.3. The molecule has 0 radical (unpaired) electrons. The Morgan fingerprint density at radius 3 is 2.78 bits per heavy atom. The van der Waals surface area contributed by atoms with Gasteiger partial charge in [0.15, 0.2) is 17.6 Å². The lowest BCUT2D eigenvalue weighted by atomic mass is 10.1. The fourth-order valence-corrected chi connectivity index (χ4v) is 2.67. The van der Waals surface area contributed by atoms with E-state index < -0.39 is 6.10 Å². The van der Waals surface area contributed by atoms with Crippen molar-refractivity contribution in [1.82, 2.24) is 0 Å². The number of hydrogen-bond donors (Lipinski definition) is 0. The molecule has 0 fully saturated rings. The standard InChI is InChI=1S/C14H12O3S/c1-9-10(6-7-18-9)14(15)13-8-16-11-4-2-3-5-12(11)17-13/h2-7,13H,8H2,1H3. The number of Topliss-reactive ketones (excluding diaryl/α,β-unsaturated/α-hetero) is 1. The van der Waals surface area contributed by atoms with E-state index in [1.54, 1.807) is 11.3 Å². The minimum Gasteiger partial charge on any atom is -0.485 e. The van der Waals surface area contributed by atoms with E-state index >= 15 is 0 Å². The number of rotatable bonds is 2. The zero-order valence-corrected chi connectivity index (χ0v) is 10.7. The molecule has 0 saturated carbocycles. The number of carbonyl (C=O) groups is 1. The second-order valence-electron chi connectivity index (χ2n) is 4.12. The average Bonchev–Trinajstić information content (AvgIpc) is 2.83. The van der Waals surface area contributed by atoms with Gasteiger partial charge >= 0.3 is 0 Å². The molecule has 1 aliphatic heterocycles. The fourth-order valence-electron chi connectivity index (χ4n) is 1.96. The molecule has 18 heavy (non-hydrogen) atoms. The molecule has 2 aromatic rings. The highest BCUT2D eigenvalue weighted by atomic mass is 32.1. The van der Waals surface area contributed by atoms with Crippen LogP contribution >= 0.6 is 11.3 Å². The van der Waals surface area contributed by atoms with E-state index in [4.69, 9.17) is 9.47 Å². The minimum absolute atomic E-state index is 0.0109. The Hall–Kier alpha value is -1.81. The summed E-state index contributed by atoms with van der Waals surface area (Å²) in [5, 5.41) is 1.92. The molecule has 0 spiro atoms. The summed E-state index contributed by atoms with van der Waals surface area (Å²) in [6.45, 7) is 2.21. The zero-order chi connectivity index (χ0) is 12.5. The molecule has 3 nitrogen and oxygen atoms in total. The van der Waals surface area contributed by atoms with Gasteiger partial charge in [-0.1, -0.05) is 12.1 Å². The van der Waals surface area contributed by atoms with Crippen molar-refractivity contribution in [2.45, 2.75) is 13.0 Å². The summed E-state index contributed by atoms with van der Waals surface area (Å²) in [5.74, 6) is 1.32. The first kappa shape index (κ1) is 11.3. The van der Waals surface area contributed by atoms with Gasteiger partial charge in [0.05, 0.1) is 0 Å². The SMILES string of the molecule is Cc1sccc1C(=O)C1COc2ccccc2O1. The quantitative estimate of drug-likeness (QED) is 0.778. The third-order valence-corrected chi connectivity index (χ3v) is 3.77. The van der Waals surface area contributed by atoms with E-state index in [9.17, 15) is 4.79 Å². The van der Waals surface area contributed by atoms with E-state index in [0.717, 1.165) is 10.4 Å². The third kappa shape index (κ3) is 1.88. The van der Waals surface area contributed by atoms with Crippen LogP contribution in [0.3, 0.4) is 0 Å². The molecule has 92 valence electrons.